The van der Waals surface area contributed by atoms with Crippen molar-refractivity contribution in [2.45, 2.75) is 32.0 Å². The highest BCUT2D eigenvalue weighted by Crippen LogP contribution is 2.21. The molecule has 4 heteroatoms. The number of nitrogens with one attached hydrogen (secondary N) is 1. The summed E-state index contributed by atoms with van der Waals surface area (Å²) in [5, 5.41) is 12.6. The molecule has 2 heterocycles. The first-order chi connectivity index (χ1) is 8.12. The van der Waals surface area contributed by atoms with E-state index in [-0.39, 0.29) is 18.2 Å². The standard InChI is InChI=1S/C13H21N3O/c1-13(2)10-15-12(9-17)8-16(13)7-11-3-5-14-6-4-11/h3-6,12,15,17H,7-10H2,1-2H3. The van der Waals surface area contributed by atoms with E-state index >= 15 is 0 Å². The van der Waals surface area contributed by atoms with Crippen LogP contribution in [-0.4, -0.2) is 46.3 Å². The predicted octanol–water partition coefficient (Wildman–Crippen LogP) is 0.626. The number of hydrogen-bond acceptors (Lipinski definition) is 4. The molecule has 17 heavy (non-hydrogen) atoms. The van der Waals surface area contributed by atoms with Crippen LogP contribution < -0.4 is 5.32 Å². The molecule has 0 radical (unpaired) electrons. The van der Waals surface area contributed by atoms with Crippen LogP contribution in [0.3, 0.4) is 0 Å². The third kappa shape index (κ3) is 3.03. The monoisotopic (exact) mass is 235 g/mol. The Kier molecular flexibility index (Phi) is 3.76. The molecule has 0 spiro atoms. The zero-order valence-corrected chi connectivity index (χ0v) is 10.6. The van der Waals surface area contributed by atoms with Gasteiger partial charge in [0.25, 0.3) is 0 Å². The van der Waals surface area contributed by atoms with E-state index in [2.05, 4.69) is 29.0 Å². The Bertz CT molecular complexity index is 353. The number of piperazine rings is 1. The van der Waals surface area contributed by atoms with E-state index in [4.69, 9.17) is 0 Å². The zero-order valence-electron chi connectivity index (χ0n) is 10.6. The van der Waals surface area contributed by atoms with Crippen LogP contribution in [0, 0.1) is 0 Å². The lowest BCUT2D eigenvalue weighted by molar-refractivity contribution is 0.0425. The van der Waals surface area contributed by atoms with Gasteiger partial charge in [0.05, 0.1) is 6.61 Å². The fraction of sp³-hybridized carbons (Fsp3) is 0.615. The SMILES string of the molecule is CC1(C)CNC(CO)CN1Cc1ccncc1. The number of rotatable bonds is 3. The maximum Gasteiger partial charge on any atom is 0.0597 e. The minimum Gasteiger partial charge on any atom is -0.395 e. The number of nitrogens with zero attached hydrogens (tertiary/aromatic N) is 2. The predicted molar refractivity (Wildman–Crippen MR) is 67.6 cm³/mol. The highest BCUT2D eigenvalue weighted by atomic mass is 16.3. The third-order valence-corrected chi connectivity index (χ3v) is 3.46. The summed E-state index contributed by atoms with van der Waals surface area (Å²) in [6.07, 6.45) is 3.65. The Labute approximate surface area is 103 Å². The van der Waals surface area contributed by atoms with Crippen molar-refractivity contribution in [1.29, 1.82) is 0 Å². The molecule has 1 aliphatic heterocycles. The Balaban J connectivity index is 2.06. The summed E-state index contributed by atoms with van der Waals surface area (Å²) in [6.45, 7) is 7.36. The van der Waals surface area contributed by atoms with Gasteiger partial charge in [0.1, 0.15) is 0 Å². The van der Waals surface area contributed by atoms with Gasteiger partial charge in [-0.2, -0.15) is 0 Å². The minimum atomic E-state index is 0.120. The molecular formula is C13H21N3O. The molecule has 0 bridgehead atoms. The summed E-state index contributed by atoms with van der Waals surface area (Å²) in [5.41, 5.74) is 1.39. The lowest BCUT2D eigenvalue weighted by Crippen LogP contribution is -2.62. The highest BCUT2D eigenvalue weighted by molar-refractivity contribution is 5.11. The smallest absolute Gasteiger partial charge is 0.0597 e. The molecule has 0 aliphatic carbocycles. The van der Waals surface area contributed by atoms with Crippen molar-refractivity contribution in [2.75, 3.05) is 19.7 Å². The van der Waals surface area contributed by atoms with Crippen LogP contribution in [0.2, 0.25) is 0 Å². The fourth-order valence-electron chi connectivity index (χ4n) is 2.19. The zero-order chi connectivity index (χ0) is 12.3. The van der Waals surface area contributed by atoms with Crippen LogP contribution in [-0.2, 0) is 6.54 Å². The fourth-order valence-corrected chi connectivity index (χ4v) is 2.19. The van der Waals surface area contributed by atoms with Crippen molar-refractivity contribution >= 4 is 0 Å². The molecule has 0 saturated carbocycles. The molecule has 0 amide bonds. The summed E-state index contributed by atoms with van der Waals surface area (Å²) >= 11 is 0. The molecule has 1 saturated heterocycles. The maximum absolute atomic E-state index is 9.25. The lowest BCUT2D eigenvalue weighted by atomic mass is 9.97. The van der Waals surface area contributed by atoms with Gasteiger partial charge in [0.15, 0.2) is 0 Å². The van der Waals surface area contributed by atoms with Gasteiger partial charge in [-0.25, -0.2) is 0 Å². The maximum atomic E-state index is 9.25. The summed E-state index contributed by atoms with van der Waals surface area (Å²) in [7, 11) is 0. The summed E-state index contributed by atoms with van der Waals surface area (Å²) in [4.78, 5) is 6.45. The molecular weight excluding hydrogens is 214 g/mol. The second-order valence-corrected chi connectivity index (χ2v) is 5.31. The average molecular weight is 235 g/mol. The highest BCUT2D eigenvalue weighted by Gasteiger charge is 2.33. The van der Waals surface area contributed by atoms with E-state index in [1.807, 2.05) is 24.5 Å². The summed E-state index contributed by atoms with van der Waals surface area (Å²) < 4.78 is 0. The third-order valence-electron chi connectivity index (χ3n) is 3.46. The van der Waals surface area contributed by atoms with Gasteiger partial charge in [-0.1, -0.05) is 0 Å². The van der Waals surface area contributed by atoms with Crippen molar-refractivity contribution < 1.29 is 5.11 Å². The van der Waals surface area contributed by atoms with Crippen LogP contribution in [0.1, 0.15) is 19.4 Å². The van der Waals surface area contributed by atoms with E-state index in [9.17, 15) is 5.11 Å². The van der Waals surface area contributed by atoms with E-state index in [1.165, 1.54) is 5.56 Å². The van der Waals surface area contributed by atoms with Gasteiger partial charge in [-0.15, -0.1) is 0 Å². The molecule has 1 aromatic rings. The Morgan fingerprint density at radius 2 is 2.18 bits per heavy atom. The summed E-state index contributed by atoms with van der Waals surface area (Å²) in [6, 6.07) is 4.28. The largest absolute Gasteiger partial charge is 0.395 e. The molecule has 1 fully saturated rings. The van der Waals surface area contributed by atoms with Crippen LogP contribution in [0.5, 0.6) is 0 Å². The van der Waals surface area contributed by atoms with Crippen molar-refractivity contribution in [1.82, 2.24) is 15.2 Å². The van der Waals surface area contributed by atoms with Gasteiger partial charge in [-0.3, -0.25) is 9.88 Å². The van der Waals surface area contributed by atoms with Gasteiger partial charge in [0, 0.05) is 43.6 Å². The van der Waals surface area contributed by atoms with Crippen LogP contribution in [0.4, 0.5) is 0 Å². The van der Waals surface area contributed by atoms with E-state index in [0.29, 0.717) is 0 Å². The van der Waals surface area contributed by atoms with Gasteiger partial charge in [-0.05, 0) is 31.5 Å². The van der Waals surface area contributed by atoms with Gasteiger partial charge in [0.2, 0.25) is 0 Å². The number of pyridine rings is 1. The van der Waals surface area contributed by atoms with Gasteiger partial charge < -0.3 is 10.4 Å². The number of aliphatic hydroxyl groups is 1. The van der Waals surface area contributed by atoms with E-state index < -0.39 is 0 Å². The first-order valence-corrected chi connectivity index (χ1v) is 6.10. The molecule has 1 atom stereocenters. The quantitative estimate of drug-likeness (QED) is 0.806. The van der Waals surface area contributed by atoms with Gasteiger partial charge >= 0.3 is 0 Å². The molecule has 2 rings (SSSR count). The number of hydrogen-bond donors (Lipinski definition) is 2. The first kappa shape index (κ1) is 12.5. The van der Waals surface area contributed by atoms with Crippen molar-refractivity contribution in [3.63, 3.8) is 0 Å². The van der Waals surface area contributed by atoms with E-state index in [0.717, 1.165) is 19.6 Å². The molecule has 94 valence electrons. The normalized spacial score (nSPS) is 24.8. The molecule has 4 nitrogen and oxygen atoms in total. The molecule has 2 N–H and O–H groups in total. The van der Waals surface area contributed by atoms with Crippen molar-refractivity contribution in [3.05, 3.63) is 30.1 Å². The Hall–Kier alpha value is -0.970. The van der Waals surface area contributed by atoms with Crippen LogP contribution >= 0.6 is 0 Å². The first-order valence-electron chi connectivity index (χ1n) is 6.10. The molecule has 1 aromatic heterocycles. The topological polar surface area (TPSA) is 48.4 Å². The Morgan fingerprint density at radius 3 is 2.82 bits per heavy atom. The van der Waals surface area contributed by atoms with Crippen molar-refractivity contribution in [2.24, 2.45) is 0 Å². The second kappa shape index (κ2) is 5.12. The lowest BCUT2D eigenvalue weighted by Gasteiger charge is -2.45. The summed E-state index contributed by atoms with van der Waals surface area (Å²) in [5.74, 6) is 0. The van der Waals surface area contributed by atoms with Crippen LogP contribution in [0.15, 0.2) is 24.5 Å². The molecule has 0 aromatic carbocycles. The molecule has 1 aliphatic rings. The Morgan fingerprint density at radius 1 is 1.47 bits per heavy atom. The number of aliphatic hydroxyl groups excluding tert-OH is 1. The van der Waals surface area contributed by atoms with Crippen molar-refractivity contribution in [3.8, 4) is 0 Å². The average Bonchev–Trinajstić information content (AvgIpc) is 2.33. The minimum absolute atomic E-state index is 0.120. The van der Waals surface area contributed by atoms with Crippen LogP contribution in [0.25, 0.3) is 0 Å². The molecule has 1 unspecified atom stereocenters. The van der Waals surface area contributed by atoms with E-state index in [1.54, 1.807) is 0 Å². The second-order valence-electron chi connectivity index (χ2n) is 5.31. The number of aromatic nitrogens is 1.